The van der Waals surface area contributed by atoms with Gasteiger partial charge in [-0.05, 0) is 165 Å². The third kappa shape index (κ3) is 9.50. The summed E-state index contributed by atoms with van der Waals surface area (Å²) in [6.07, 6.45) is 0. The number of hydrogen-bond acceptors (Lipinski definition) is 6. The van der Waals surface area contributed by atoms with Crippen LogP contribution < -0.4 is 57.3 Å². The van der Waals surface area contributed by atoms with Crippen molar-refractivity contribution in [1.82, 2.24) is 0 Å². The van der Waals surface area contributed by atoms with E-state index in [0.717, 1.165) is 102 Å². The molecule has 0 aliphatic carbocycles. The van der Waals surface area contributed by atoms with E-state index in [1.54, 1.807) is 0 Å². The molecule has 0 saturated carbocycles. The summed E-state index contributed by atoms with van der Waals surface area (Å²) in [5, 5.41) is 0. The van der Waals surface area contributed by atoms with Crippen LogP contribution in [0.25, 0.3) is 33.4 Å². The van der Waals surface area contributed by atoms with Crippen LogP contribution in [0.5, 0.6) is 0 Å². The van der Waals surface area contributed by atoms with Crippen LogP contribution in [0.4, 0.5) is 85.3 Å². The van der Waals surface area contributed by atoms with Gasteiger partial charge in [-0.3, -0.25) is 0 Å². The molecular weight excluding hydrogens is 1200 g/mol. The van der Waals surface area contributed by atoms with Crippen molar-refractivity contribution in [3.8, 4) is 33.4 Å². The minimum Gasteiger partial charge on any atom is -0.311 e. The van der Waals surface area contributed by atoms with E-state index in [1.807, 2.05) is 11.8 Å². The van der Waals surface area contributed by atoms with Gasteiger partial charge < -0.3 is 24.5 Å². The summed E-state index contributed by atoms with van der Waals surface area (Å²) >= 11 is 1.91. The van der Waals surface area contributed by atoms with E-state index in [9.17, 15) is 0 Å². The zero-order valence-electron chi connectivity index (χ0n) is 53.5. The van der Waals surface area contributed by atoms with E-state index >= 15 is 0 Å². The highest BCUT2D eigenvalue weighted by Crippen LogP contribution is 2.53. The van der Waals surface area contributed by atoms with E-state index in [-0.39, 0.29) is 13.4 Å². The number of rotatable bonds is 12. The second-order valence-corrected chi connectivity index (χ2v) is 26.6. The molecule has 8 heteroatoms. The van der Waals surface area contributed by atoms with Crippen LogP contribution in [-0.4, -0.2) is 13.4 Å². The van der Waals surface area contributed by atoms with Gasteiger partial charge in [-0.25, -0.2) is 0 Å². The average Bonchev–Trinajstić information content (AvgIpc) is 0.692. The van der Waals surface area contributed by atoms with E-state index in [4.69, 9.17) is 0 Å². The van der Waals surface area contributed by atoms with Crippen LogP contribution in [0, 0.1) is 0 Å². The second-order valence-electron chi connectivity index (χ2n) is 25.5. The predicted molar refractivity (Wildman–Crippen MR) is 416 cm³/mol. The number of para-hydroxylation sites is 8. The summed E-state index contributed by atoms with van der Waals surface area (Å²) in [4.78, 5) is 15.1. The van der Waals surface area contributed by atoms with E-state index in [1.165, 1.54) is 59.4 Å². The first-order valence-corrected chi connectivity index (χ1v) is 34.5. The number of anilines is 15. The molecule has 5 nitrogen and oxygen atoms in total. The molecule has 458 valence electrons. The highest BCUT2D eigenvalue weighted by atomic mass is 32.2. The van der Waals surface area contributed by atoms with Crippen molar-refractivity contribution in [2.45, 2.75) is 9.79 Å². The van der Waals surface area contributed by atoms with Crippen LogP contribution >= 0.6 is 11.8 Å². The Morgan fingerprint density at radius 1 is 0.224 bits per heavy atom. The first-order chi connectivity index (χ1) is 48.7. The van der Waals surface area contributed by atoms with Gasteiger partial charge in [0.15, 0.2) is 0 Å². The van der Waals surface area contributed by atoms with Crippen LogP contribution in [-0.2, 0) is 0 Å². The van der Waals surface area contributed by atoms with E-state index in [2.05, 4.69) is 395 Å². The Morgan fingerprint density at radius 3 is 1.20 bits per heavy atom. The Bertz CT molecular complexity index is 5480. The van der Waals surface area contributed by atoms with E-state index in [0.29, 0.717) is 0 Å². The smallest absolute Gasteiger partial charge is 0.252 e. The standard InChI is InChI=1S/C90H61B2N5S/c1-8-30-62(31-9-1)63-52-54-70(55-53-63)94(79-48-26-22-44-73(79)64-32-10-2-11-33-64)72-58-86-90-88(59-72)98-87-61-83-77(60-78(87)92(90)76-47-25-29-51-82(76)96(86)69-42-20-7-21-43-69)91-75-46-24-28-50-81(75)95(68-40-18-6-19-41-68)84-56-71(93(66-36-14-4-15-37-66)67-38-16-5-17-39-67)57-85(89(84)91)97(83)80-49-27-23-45-74(80)65-34-12-3-13-35-65/h1-61H. The molecule has 15 aromatic rings. The van der Waals surface area contributed by atoms with E-state index < -0.39 is 0 Å². The maximum atomic E-state index is 2.65. The van der Waals surface area contributed by atoms with Gasteiger partial charge in [0.25, 0.3) is 6.71 Å². The fourth-order valence-electron chi connectivity index (χ4n) is 15.9. The maximum absolute atomic E-state index is 2.65. The molecule has 4 aliphatic heterocycles. The van der Waals surface area contributed by atoms with Crippen LogP contribution in [0.15, 0.2) is 380 Å². The SMILES string of the molecule is c1ccc(-c2ccc(N(c3cc4c5c(c3)N(c3ccccc3)c3ccccc3B5c3cc5c(cc3S4)N(c3ccccc3-c3ccccc3)c3cc(N(c4ccccc4)c4ccccc4)cc4c3B5c3ccccc3N4c3ccccc3)c3ccccc3-c3ccccc3)cc2)cc1. The van der Waals surface area contributed by atoms with Crippen LogP contribution in [0.2, 0.25) is 0 Å². The molecule has 0 fully saturated rings. The summed E-state index contributed by atoms with van der Waals surface area (Å²) in [7, 11) is 0. The van der Waals surface area contributed by atoms with Gasteiger partial charge in [0, 0.05) is 89.2 Å². The summed E-state index contributed by atoms with van der Waals surface area (Å²) in [5.74, 6) is 0. The van der Waals surface area contributed by atoms with Gasteiger partial charge >= 0.3 is 0 Å². The molecule has 4 heterocycles. The number of hydrogen-bond donors (Lipinski definition) is 0. The average molecular weight is 1270 g/mol. The lowest BCUT2D eigenvalue weighted by molar-refractivity contribution is 1.22. The fraction of sp³-hybridized carbons (Fsp3) is 0. The van der Waals surface area contributed by atoms with Crippen LogP contribution in [0.1, 0.15) is 0 Å². The lowest BCUT2D eigenvalue weighted by atomic mass is 9.31. The molecule has 0 aromatic heterocycles. The summed E-state index contributed by atoms with van der Waals surface area (Å²) in [5.41, 5.74) is 31.3. The quantitative estimate of drug-likeness (QED) is 0.113. The highest BCUT2D eigenvalue weighted by molar-refractivity contribution is 8.00. The minimum atomic E-state index is -0.160. The molecule has 0 unspecified atom stereocenters. The minimum absolute atomic E-state index is 0.125. The molecule has 4 aliphatic rings. The monoisotopic (exact) mass is 1270 g/mol. The zero-order valence-corrected chi connectivity index (χ0v) is 54.3. The lowest BCUT2D eigenvalue weighted by Gasteiger charge is -2.46. The Hall–Kier alpha value is -12.2. The lowest BCUT2D eigenvalue weighted by Crippen LogP contribution is -2.64. The molecule has 0 saturated heterocycles. The Balaban J connectivity index is 0.895. The molecule has 0 atom stereocenters. The molecule has 0 spiro atoms. The zero-order chi connectivity index (χ0) is 64.6. The molecule has 0 bridgehead atoms. The summed E-state index contributed by atoms with van der Waals surface area (Å²) in [6, 6.07) is 137. The molecule has 19 rings (SSSR count). The van der Waals surface area contributed by atoms with Gasteiger partial charge in [-0.1, -0.05) is 272 Å². The Kier molecular flexibility index (Phi) is 14.0. The first kappa shape index (κ1) is 57.2. The third-order valence-electron chi connectivity index (χ3n) is 20.0. The molecular formula is C90H61B2N5S. The largest absolute Gasteiger partial charge is 0.311 e. The van der Waals surface area contributed by atoms with Crippen molar-refractivity contribution in [2.75, 3.05) is 24.5 Å². The van der Waals surface area contributed by atoms with Crippen LogP contribution in [0.3, 0.4) is 0 Å². The molecule has 0 radical (unpaired) electrons. The molecule has 15 aromatic carbocycles. The van der Waals surface area contributed by atoms with Gasteiger partial charge in [0.05, 0.1) is 17.1 Å². The second kappa shape index (κ2) is 23.9. The fourth-order valence-corrected chi connectivity index (χ4v) is 17.1. The van der Waals surface area contributed by atoms with Crippen molar-refractivity contribution in [3.05, 3.63) is 370 Å². The summed E-state index contributed by atoms with van der Waals surface area (Å²) < 4.78 is 0. The topological polar surface area (TPSA) is 16.2 Å². The van der Waals surface area contributed by atoms with Gasteiger partial charge in [-0.2, -0.15) is 0 Å². The van der Waals surface area contributed by atoms with Gasteiger partial charge in [0.1, 0.15) is 0 Å². The van der Waals surface area contributed by atoms with Crippen molar-refractivity contribution < 1.29 is 0 Å². The van der Waals surface area contributed by atoms with Crippen molar-refractivity contribution in [3.63, 3.8) is 0 Å². The maximum Gasteiger partial charge on any atom is 0.252 e. The van der Waals surface area contributed by atoms with Crippen molar-refractivity contribution in [1.29, 1.82) is 0 Å². The molecule has 0 amide bonds. The highest BCUT2D eigenvalue weighted by Gasteiger charge is 2.48. The van der Waals surface area contributed by atoms with Crippen molar-refractivity contribution in [2.24, 2.45) is 0 Å². The van der Waals surface area contributed by atoms with Crippen molar-refractivity contribution >= 4 is 143 Å². The normalized spacial score (nSPS) is 12.8. The Morgan fingerprint density at radius 2 is 0.633 bits per heavy atom. The number of nitrogens with zero attached hydrogens (tertiary/aromatic N) is 5. The number of benzene rings is 15. The summed E-state index contributed by atoms with van der Waals surface area (Å²) in [6.45, 7) is -0.285. The first-order valence-electron chi connectivity index (χ1n) is 33.7. The third-order valence-corrected chi connectivity index (χ3v) is 21.1. The molecule has 98 heavy (non-hydrogen) atoms. The Labute approximate surface area is 577 Å². The van der Waals surface area contributed by atoms with Gasteiger partial charge in [0.2, 0.25) is 6.71 Å². The van der Waals surface area contributed by atoms with Gasteiger partial charge in [-0.15, -0.1) is 0 Å². The molecule has 0 N–H and O–H groups in total. The number of fused-ring (bicyclic) bond motifs is 8. The predicted octanol–water partition coefficient (Wildman–Crippen LogP) is 20.5.